The summed E-state index contributed by atoms with van der Waals surface area (Å²) in [7, 11) is 12.2. The van der Waals surface area contributed by atoms with E-state index in [4.69, 9.17) is 11.5 Å². The number of nitrogens with two attached hydrogens (primary N) is 2. The van der Waals surface area contributed by atoms with Gasteiger partial charge in [0.1, 0.15) is 0 Å². The van der Waals surface area contributed by atoms with Crippen LogP contribution in [0.25, 0.3) is 12.2 Å². The largest absolute Gasteiger partial charge is 0.388 e. The summed E-state index contributed by atoms with van der Waals surface area (Å²) < 4.78 is 0. The molecule has 0 saturated heterocycles. The van der Waals surface area contributed by atoms with Gasteiger partial charge in [-0.15, -0.1) is 0 Å². The van der Waals surface area contributed by atoms with Crippen molar-refractivity contribution in [1.29, 1.82) is 0 Å². The molecule has 1 heterocycles. The number of nitrogens with zero attached hydrogens (tertiary/aromatic N) is 3. The zero-order chi connectivity index (χ0) is 40.6. The van der Waals surface area contributed by atoms with E-state index in [2.05, 4.69) is 142 Å². The Balaban J connectivity index is 1.02. The number of fused-ring (bicyclic) bond motifs is 1. The van der Waals surface area contributed by atoms with E-state index in [-0.39, 0.29) is 16.9 Å². The van der Waals surface area contributed by atoms with E-state index < -0.39 is 11.8 Å². The van der Waals surface area contributed by atoms with Crippen LogP contribution >= 0.6 is 21.6 Å². The Morgan fingerprint density at radius 3 is 1.86 bits per heavy atom. The molecular weight excluding hydrogens is 733 g/mol. The quantitative estimate of drug-likeness (QED) is 0.0678. The highest BCUT2D eigenvalue weighted by Crippen LogP contribution is 2.45. The summed E-state index contributed by atoms with van der Waals surface area (Å²) in [5, 5.41) is 3.25. The number of amides is 2. The highest BCUT2D eigenvalue weighted by atomic mass is 33.1. The van der Waals surface area contributed by atoms with E-state index in [1.165, 1.54) is 11.4 Å². The van der Waals surface area contributed by atoms with Crippen LogP contribution in [0.4, 0.5) is 22.7 Å². The lowest BCUT2D eigenvalue weighted by Crippen LogP contribution is -2.37. The fraction of sp³-hybridized carbons (Fsp3) is 0.348. The Morgan fingerprint density at radius 2 is 1.32 bits per heavy atom. The van der Waals surface area contributed by atoms with Gasteiger partial charge < -0.3 is 31.5 Å². The molecule has 0 bridgehead atoms. The maximum Gasteiger partial charge on any atom is 0.248 e. The smallest absolute Gasteiger partial charge is 0.248 e. The number of carbonyl (C=O) groups excluding carboxylic acids is 2. The van der Waals surface area contributed by atoms with Gasteiger partial charge in [0.05, 0.1) is 6.04 Å². The summed E-state index contributed by atoms with van der Waals surface area (Å²) in [6, 6.07) is 29.0. The normalized spacial score (nSPS) is 15.0. The molecular formula is C46H58N6O2S2. The van der Waals surface area contributed by atoms with E-state index in [0.717, 1.165) is 64.6 Å². The van der Waals surface area contributed by atoms with Gasteiger partial charge in [-0.05, 0) is 94.8 Å². The van der Waals surface area contributed by atoms with E-state index >= 15 is 0 Å². The third-order valence-corrected chi connectivity index (χ3v) is 13.4. The van der Waals surface area contributed by atoms with E-state index in [1.54, 1.807) is 6.07 Å². The van der Waals surface area contributed by atoms with Crippen LogP contribution in [0.3, 0.4) is 0 Å². The van der Waals surface area contributed by atoms with Gasteiger partial charge >= 0.3 is 0 Å². The number of hydrogen-bond donors (Lipinski definition) is 3. The summed E-state index contributed by atoms with van der Waals surface area (Å²) >= 11 is 0. The van der Waals surface area contributed by atoms with Crippen LogP contribution in [0, 0.1) is 0 Å². The molecule has 8 nitrogen and oxygen atoms in total. The molecule has 0 fully saturated rings. The fourth-order valence-corrected chi connectivity index (χ4v) is 9.44. The second kappa shape index (κ2) is 18.4. The molecule has 296 valence electrons. The van der Waals surface area contributed by atoms with Crippen LogP contribution in [0.15, 0.2) is 97.1 Å². The van der Waals surface area contributed by atoms with Gasteiger partial charge in [-0.25, -0.2) is 0 Å². The second-order valence-corrected chi connectivity index (χ2v) is 18.5. The van der Waals surface area contributed by atoms with Gasteiger partial charge in [-0.1, -0.05) is 97.9 Å². The fourth-order valence-electron chi connectivity index (χ4n) is 7.36. The number of likely N-dealkylation sites (N-methyl/N-ethyl adjacent to an activating group) is 1. The second-order valence-electron chi connectivity index (χ2n) is 15.8. The molecule has 1 aliphatic heterocycles. The minimum Gasteiger partial charge on any atom is -0.388 e. The summed E-state index contributed by atoms with van der Waals surface area (Å²) in [4.78, 5) is 30.5. The van der Waals surface area contributed by atoms with Gasteiger partial charge in [0, 0.05) is 92.1 Å². The zero-order valence-corrected chi connectivity index (χ0v) is 35.8. The van der Waals surface area contributed by atoms with Gasteiger partial charge in [0.2, 0.25) is 11.8 Å². The van der Waals surface area contributed by atoms with E-state index in [9.17, 15) is 9.59 Å². The molecule has 4 aromatic rings. The molecule has 0 spiro atoms. The number of rotatable bonds is 18. The van der Waals surface area contributed by atoms with E-state index in [1.807, 2.05) is 59.0 Å². The van der Waals surface area contributed by atoms with Crippen molar-refractivity contribution in [2.75, 3.05) is 72.8 Å². The summed E-state index contributed by atoms with van der Waals surface area (Å²) in [6.45, 7) is 10.8. The Hall–Kier alpha value is -4.80. The maximum absolute atomic E-state index is 11.8. The van der Waals surface area contributed by atoms with Crippen molar-refractivity contribution in [2.45, 2.75) is 51.0 Å². The highest BCUT2D eigenvalue weighted by Gasteiger charge is 2.41. The monoisotopic (exact) mass is 790 g/mol. The van der Waals surface area contributed by atoms with Crippen LogP contribution in [-0.4, -0.2) is 70.6 Å². The van der Waals surface area contributed by atoms with Crippen molar-refractivity contribution in [1.82, 2.24) is 0 Å². The number of hydrogen-bond acceptors (Lipinski definition) is 8. The number of primary amides is 2. The summed E-state index contributed by atoms with van der Waals surface area (Å²) in [6.07, 6.45) is 9.65. The van der Waals surface area contributed by atoms with Gasteiger partial charge in [0.15, 0.2) is 0 Å². The van der Waals surface area contributed by atoms with Crippen molar-refractivity contribution in [2.24, 2.45) is 11.5 Å². The molecule has 0 radical (unpaired) electrons. The minimum atomic E-state index is -0.413. The molecule has 1 atom stereocenters. The molecule has 0 aliphatic carbocycles. The van der Waals surface area contributed by atoms with E-state index in [0.29, 0.717) is 11.1 Å². The first-order chi connectivity index (χ1) is 26.6. The van der Waals surface area contributed by atoms with Crippen molar-refractivity contribution < 1.29 is 9.59 Å². The van der Waals surface area contributed by atoms with Crippen LogP contribution in [-0.2, 0) is 10.8 Å². The molecule has 1 unspecified atom stereocenters. The SMILES string of the molecule is CNc1ccc(C(N)=O)cc1C(C)(C)C/C=C/c1ccc(N(C)CCSSCCN(C)c2ccc(/C=C/C3N(C)c4ccc(C(N)=O)cc4C3(C)C)cc2)cc1. The Bertz CT molecular complexity index is 2040. The molecule has 0 saturated carbocycles. The third kappa shape index (κ3) is 10.1. The topological polar surface area (TPSA) is 108 Å². The molecule has 4 aromatic carbocycles. The summed E-state index contributed by atoms with van der Waals surface area (Å²) in [5.74, 6) is 1.27. The molecule has 5 N–H and O–H groups in total. The highest BCUT2D eigenvalue weighted by molar-refractivity contribution is 8.76. The molecule has 56 heavy (non-hydrogen) atoms. The van der Waals surface area contributed by atoms with Crippen LogP contribution in [0.1, 0.15) is 77.1 Å². The lowest BCUT2D eigenvalue weighted by atomic mass is 9.79. The number of benzene rings is 4. The lowest BCUT2D eigenvalue weighted by Gasteiger charge is -2.29. The Morgan fingerprint density at radius 1 is 0.804 bits per heavy atom. The Kier molecular flexibility index (Phi) is 13.9. The minimum absolute atomic E-state index is 0.157. The van der Waals surface area contributed by atoms with Gasteiger partial charge in [-0.2, -0.15) is 0 Å². The third-order valence-electron chi connectivity index (χ3n) is 11.0. The first-order valence-electron chi connectivity index (χ1n) is 19.1. The molecule has 0 aromatic heterocycles. The average Bonchev–Trinajstić information content (AvgIpc) is 3.37. The number of anilines is 4. The predicted octanol–water partition coefficient (Wildman–Crippen LogP) is 9.07. The van der Waals surface area contributed by atoms with Gasteiger partial charge in [-0.3, -0.25) is 9.59 Å². The standard InChI is InChI=1S/C46H58N6O2S2/c1-45(2,38-30-34(43(47)53)16-22-40(38)49-5)25-9-10-32-11-18-36(19-12-32)50(6)26-28-55-56-29-27-51(7)37-20-13-33(14-21-37)15-24-42-46(3,4)39-31-35(44(48)54)17-23-41(39)52(42)8/h9-24,30-31,42,49H,25-29H2,1-8H3,(H2,47,53)(H2,48,54)/b10-9+,24-15+. The Labute approximate surface area is 342 Å². The lowest BCUT2D eigenvalue weighted by molar-refractivity contribution is 0.0991. The summed E-state index contributed by atoms with van der Waals surface area (Å²) in [5.41, 5.74) is 20.9. The maximum atomic E-state index is 11.8. The van der Waals surface area contributed by atoms with Crippen molar-refractivity contribution >= 4 is 68.3 Å². The first kappa shape index (κ1) is 42.3. The number of allylic oxidation sites excluding steroid dienone is 1. The molecule has 1 aliphatic rings. The van der Waals surface area contributed by atoms with Crippen molar-refractivity contribution in [3.05, 3.63) is 130 Å². The van der Waals surface area contributed by atoms with Crippen LogP contribution in [0.2, 0.25) is 0 Å². The zero-order valence-electron chi connectivity index (χ0n) is 34.1. The molecule has 2 amide bonds. The van der Waals surface area contributed by atoms with Crippen LogP contribution < -0.4 is 31.5 Å². The van der Waals surface area contributed by atoms with Crippen molar-refractivity contribution in [3.63, 3.8) is 0 Å². The van der Waals surface area contributed by atoms with Crippen LogP contribution in [0.5, 0.6) is 0 Å². The van der Waals surface area contributed by atoms with Gasteiger partial charge in [0.25, 0.3) is 0 Å². The number of nitrogens with one attached hydrogen (secondary N) is 1. The molecule has 5 rings (SSSR count). The molecule has 10 heteroatoms. The first-order valence-corrected chi connectivity index (χ1v) is 21.6. The number of carbonyl (C=O) groups is 2. The average molecular weight is 791 g/mol. The predicted molar refractivity (Wildman–Crippen MR) is 245 cm³/mol. The van der Waals surface area contributed by atoms with Crippen molar-refractivity contribution in [3.8, 4) is 0 Å².